The molecule has 8 heteroatoms. The predicted molar refractivity (Wildman–Crippen MR) is 124 cm³/mol. The van der Waals surface area contributed by atoms with E-state index in [2.05, 4.69) is 36.0 Å². The maximum atomic E-state index is 13.7. The normalized spacial score (nSPS) is 17.6. The summed E-state index contributed by atoms with van der Waals surface area (Å²) in [6, 6.07) is 2.04. The van der Waals surface area contributed by atoms with E-state index in [9.17, 15) is 4.79 Å². The van der Waals surface area contributed by atoms with E-state index in [-0.39, 0.29) is 11.4 Å². The van der Waals surface area contributed by atoms with Crippen LogP contribution in [0, 0.1) is 13.8 Å². The lowest BCUT2D eigenvalue weighted by Gasteiger charge is -2.34. The molecule has 0 radical (unpaired) electrons. The number of anilines is 1. The summed E-state index contributed by atoms with van der Waals surface area (Å²) in [7, 11) is 0. The van der Waals surface area contributed by atoms with E-state index in [0.717, 1.165) is 64.7 Å². The lowest BCUT2D eigenvalue weighted by atomic mass is 10.1. The summed E-state index contributed by atoms with van der Waals surface area (Å²) in [6.07, 6.45) is 2.31. The topological polar surface area (TPSA) is 67.2 Å². The number of amides is 1. The minimum atomic E-state index is -0.195. The molecule has 1 amide bonds. The molecule has 2 aliphatic rings. The minimum Gasteiger partial charge on any atom is -0.345 e. The molecule has 5 rings (SSSR count). The highest BCUT2D eigenvalue weighted by molar-refractivity contribution is 7.13. The van der Waals surface area contributed by atoms with Gasteiger partial charge in [0.1, 0.15) is 0 Å². The molecule has 0 N–H and O–H groups in total. The molecule has 3 aromatic heterocycles. The molecule has 0 unspecified atom stereocenters. The Bertz CT molecular complexity index is 1140. The van der Waals surface area contributed by atoms with Crippen molar-refractivity contribution in [2.45, 2.75) is 58.9 Å². The van der Waals surface area contributed by atoms with Gasteiger partial charge in [-0.25, -0.2) is 14.6 Å². The van der Waals surface area contributed by atoms with Crippen LogP contribution in [0.1, 0.15) is 67.0 Å². The summed E-state index contributed by atoms with van der Waals surface area (Å²) in [4.78, 5) is 27.5. The summed E-state index contributed by atoms with van der Waals surface area (Å²) in [5.41, 5.74) is 4.38. The van der Waals surface area contributed by atoms with Gasteiger partial charge in [-0.05, 0) is 53.5 Å². The van der Waals surface area contributed by atoms with Crippen LogP contribution in [0.5, 0.6) is 0 Å². The van der Waals surface area contributed by atoms with E-state index < -0.39 is 0 Å². The molecule has 0 atom stereocenters. The van der Waals surface area contributed by atoms with Gasteiger partial charge in [-0.15, -0.1) is 11.3 Å². The van der Waals surface area contributed by atoms with Crippen LogP contribution in [-0.4, -0.2) is 56.7 Å². The van der Waals surface area contributed by atoms with Gasteiger partial charge in [0, 0.05) is 43.2 Å². The van der Waals surface area contributed by atoms with Crippen LogP contribution < -0.4 is 4.90 Å². The average molecular weight is 439 g/mol. The average Bonchev–Trinajstić information content (AvgIpc) is 3.41. The van der Waals surface area contributed by atoms with Crippen LogP contribution in [0.4, 0.5) is 5.13 Å². The Balaban J connectivity index is 1.48. The van der Waals surface area contributed by atoms with Crippen LogP contribution in [-0.2, 0) is 5.54 Å². The van der Waals surface area contributed by atoms with Gasteiger partial charge in [0.2, 0.25) is 0 Å². The fraction of sp³-hybridized carbons (Fsp3) is 0.565. The van der Waals surface area contributed by atoms with E-state index in [0.29, 0.717) is 19.0 Å². The van der Waals surface area contributed by atoms with Crippen molar-refractivity contribution in [1.29, 1.82) is 0 Å². The molecule has 7 nitrogen and oxygen atoms in total. The molecular formula is C23H30N6OS. The maximum Gasteiger partial charge on any atom is 0.254 e. The molecule has 2 fully saturated rings. The first kappa shape index (κ1) is 20.4. The van der Waals surface area contributed by atoms with Crippen molar-refractivity contribution >= 4 is 33.4 Å². The number of carbonyl (C=O) groups excluding carboxylic acids is 1. The van der Waals surface area contributed by atoms with Crippen LogP contribution >= 0.6 is 11.3 Å². The van der Waals surface area contributed by atoms with Crippen molar-refractivity contribution in [3.63, 3.8) is 0 Å². The second-order valence-corrected chi connectivity index (χ2v) is 10.6. The molecule has 4 heterocycles. The Hall–Kier alpha value is -2.48. The Morgan fingerprint density at radius 1 is 1.10 bits per heavy atom. The number of fused-ring (bicyclic) bond motifs is 1. The molecule has 0 spiro atoms. The van der Waals surface area contributed by atoms with Gasteiger partial charge in [-0.2, -0.15) is 5.10 Å². The van der Waals surface area contributed by atoms with Gasteiger partial charge < -0.3 is 9.80 Å². The van der Waals surface area contributed by atoms with E-state index in [4.69, 9.17) is 10.1 Å². The zero-order chi connectivity index (χ0) is 21.9. The molecule has 31 heavy (non-hydrogen) atoms. The molecule has 1 saturated heterocycles. The fourth-order valence-electron chi connectivity index (χ4n) is 4.29. The number of aryl methyl sites for hydroxylation is 2. The number of hydrogen-bond donors (Lipinski definition) is 0. The maximum absolute atomic E-state index is 13.7. The number of pyridine rings is 1. The van der Waals surface area contributed by atoms with Crippen molar-refractivity contribution in [3.8, 4) is 0 Å². The third-order valence-corrected chi connectivity index (χ3v) is 7.16. The summed E-state index contributed by atoms with van der Waals surface area (Å²) < 4.78 is 1.99. The largest absolute Gasteiger partial charge is 0.345 e. The molecule has 1 aliphatic carbocycles. The lowest BCUT2D eigenvalue weighted by Crippen LogP contribution is -2.48. The third-order valence-electron chi connectivity index (χ3n) is 6.14. The van der Waals surface area contributed by atoms with Crippen molar-refractivity contribution in [2.24, 2.45) is 0 Å². The molecule has 164 valence electrons. The van der Waals surface area contributed by atoms with E-state index in [1.807, 2.05) is 29.5 Å². The number of hydrogen-bond acceptors (Lipinski definition) is 6. The van der Waals surface area contributed by atoms with Crippen LogP contribution in [0.2, 0.25) is 0 Å². The van der Waals surface area contributed by atoms with Crippen molar-refractivity contribution in [3.05, 3.63) is 34.1 Å². The van der Waals surface area contributed by atoms with Crippen molar-refractivity contribution < 1.29 is 4.79 Å². The third kappa shape index (κ3) is 3.71. The first-order chi connectivity index (χ1) is 14.7. The molecule has 1 aliphatic heterocycles. The van der Waals surface area contributed by atoms with Gasteiger partial charge in [-0.1, -0.05) is 0 Å². The zero-order valence-corrected chi connectivity index (χ0v) is 19.8. The van der Waals surface area contributed by atoms with Gasteiger partial charge >= 0.3 is 0 Å². The Labute approximate surface area is 187 Å². The van der Waals surface area contributed by atoms with Crippen molar-refractivity contribution in [2.75, 3.05) is 31.1 Å². The lowest BCUT2D eigenvalue weighted by molar-refractivity contribution is 0.0748. The first-order valence-electron chi connectivity index (χ1n) is 11.1. The highest BCUT2D eigenvalue weighted by Gasteiger charge is 2.32. The fourth-order valence-corrected chi connectivity index (χ4v) is 5.15. The number of rotatable bonds is 3. The number of aromatic nitrogens is 4. The zero-order valence-electron chi connectivity index (χ0n) is 19.0. The number of thiazole rings is 1. The van der Waals surface area contributed by atoms with Crippen LogP contribution in [0.3, 0.4) is 0 Å². The first-order valence-corrected chi connectivity index (χ1v) is 12.0. The summed E-state index contributed by atoms with van der Waals surface area (Å²) in [6.45, 7) is 13.4. The van der Waals surface area contributed by atoms with Gasteiger partial charge in [0.05, 0.1) is 27.9 Å². The predicted octanol–water partition coefficient (Wildman–Crippen LogP) is 4.10. The molecule has 0 aromatic carbocycles. The van der Waals surface area contributed by atoms with E-state index in [1.165, 1.54) is 0 Å². The second kappa shape index (κ2) is 7.29. The number of piperazine rings is 1. The van der Waals surface area contributed by atoms with Crippen molar-refractivity contribution in [1.82, 2.24) is 24.6 Å². The quantitative estimate of drug-likeness (QED) is 0.616. The molecule has 0 bridgehead atoms. The summed E-state index contributed by atoms with van der Waals surface area (Å²) >= 11 is 1.68. The summed E-state index contributed by atoms with van der Waals surface area (Å²) in [5.74, 6) is 0.574. The standard InChI is InChI=1S/C23H30N6OS/c1-14-13-31-22(24-14)28-10-8-27(9-11-28)21(30)17-12-18(16-6-7-16)25-20-19(17)15(2)26-29(20)23(3,4)5/h12-13,16H,6-11H2,1-5H3. The SMILES string of the molecule is Cc1csc(N2CCN(C(=O)c3cc(C4CC4)nc4c3c(C)nn4C(C)(C)C)CC2)n1. The molecule has 3 aromatic rings. The Morgan fingerprint density at radius 2 is 1.81 bits per heavy atom. The monoisotopic (exact) mass is 438 g/mol. The summed E-state index contributed by atoms with van der Waals surface area (Å²) in [5, 5.41) is 8.83. The van der Waals surface area contributed by atoms with Gasteiger partial charge in [0.15, 0.2) is 10.8 Å². The van der Waals surface area contributed by atoms with Gasteiger partial charge in [0.25, 0.3) is 5.91 Å². The molecule has 1 saturated carbocycles. The Morgan fingerprint density at radius 3 is 2.39 bits per heavy atom. The van der Waals surface area contributed by atoms with Gasteiger partial charge in [-0.3, -0.25) is 4.79 Å². The van der Waals surface area contributed by atoms with Crippen LogP contribution in [0.25, 0.3) is 11.0 Å². The van der Waals surface area contributed by atoms with Crippen LogP contribution in [0.15, 0.2) is 11.4 Å². The smallest absolute Gasteiger partial charge is 0.254 e. The second-order valence-electron chi connectivity index (χ2n) is 9.79. The number of nitrogens with zero attached hydrogens (tertiary/aromatic N) is 6. The Kier molecular flexibility index (Phi) is 4.80. The van der Waals surface area contributed by atoms with E-state index >= 15 is 0 Å². The molecular weight excluding hydrogens is 408 g/mol. The highest BCUT2D eigenvalue weighted by Crippen LogP contribution is 2.41. The van der Waals surface area contributed by atoms with E-state index in [1.54, 1.807) is 11.3 Å². The highest BCUT2D eigenvalue weighted by atomic mass is 32.1. The minimum absolute atomic E-state index is 0.0980. The number of carbonyl (C=O) groups is 1.